The summed E-state index contributed by atoms with van der Waals surface area (Å²) >= 11 is 7.61. The highest BCUT2D eigenvalue weighted by Gasteiger charge is 2.28. The van der Waals surface area contributed by atoms with Gasteiger partial charge < -0.3 is 0 Å². The van der Waals surface area contributed by atoms with Gasteiger partial charge in [0.15, 0.2) is 0 Å². The molecule has 0 aromatic heterocycles. The van der Waals surface area contributed by atoms with Crippen molar-refractivity contribution in [2.45, 2.75) is 6.54 Å². The quantitative estimate of drug-likeness (QED) is 0.852. The van der Waals surface area contributed by atoms with E-state index in [2.05, 4.69) is 0 Å². The molecular formula is C12H17ClN2O2S2. The number of halogens is 1. The molecule has 1 saturated heterocycles. The molecule has 4 nitrogen and oxygen atoms in total. The van der Waals surface area contributed by atoms with Gasteiger partial charge in [-0.1, -0.05) is 23.7 Å². The second-order valence-corrected chi connectivity index (χ2v) is 8.10. The number of thioether (sulfide) groups is 1. The molecule has 1 aliphatic rings. The van der Waals surface area contributed by atoms with Crippen molar-refractivity contribution in [2.24, 2.45) is 0 Å². The predicted molar refractivity (Wildman–Crippen MR) is 80.7 cm³/mol. The van der Waals surface area contributed by atoms with Crippen LogP contribution in [-0.4, -0.2) is 48.7 Å². The van der Waals surface area contributed by atoms with Crippen molar-refractivity contribution in [3.05, 3.63) is 34.9 Å². The lowest BCUT2D eigenvalue weighted by molar-refractivity contribution is 0.374. The molecule has 0 radical (unpaired) electrons. The minimum atomic E-state index is -3.35. The Morgan fingerprint density at radius 2 is 1.84 bits per heavy atom. The maximum absolute atomic E-state index is 12.4. The fourth-order valence-electron chi connectivity index (χ4n) is 1.90. The van der Waals surface area contributed by atoms with Crippen molar-refractivity contribution < 1.29 is 8.42 Å². The lowest BCUT2D eigenvalue weighted by Gasteiger charge is -2.30. The Balaban J connectivity index is 2.05. The molecule has 0 spiro atoms. The molecule has 0 bridgehead atoms. The molecule has 0 aliphatic carbocycles. The SMILES string of the molecule is CN(Cc1ccc(Cl)cc1)S(=O)(=O)N1CCSCC1. The van der Waals surface area contributed by atoms with Gasteiger partial charge in [0.05, 0.1) is 0 Å². The van der Waals surface area contributed by atoms with Crippen molar-refractivity contribution in [2.75, 3.05) is 31.6 Å². The summed E-state index contributed by atoms with van der Waals surface area (Å²) in [5, 5.41) is 0.655. The van der Waals surface area contributed by atoms with Crippen LogP contribution in [0.2, 0.25) is 5.02 Å². The van der Waals surface area contributed by atoms with Gasteiger partial charge in [0.2, 0.25) is 0 Å². The van der Waals surface area contributed by atoms with Crippen LogP contribution in [0.1, 0.15) is 5.56 Å². The molecule has 1 aliphatic heterocycles. The number of rotatable bonds is 4. The fourth-order valence-corrected chi connectivity index (χ4v) is 4.51. The Bertz CT molecular complexity index is 513. The van der Waals surface area contributed by atoms with Crippen LogP contribution in [0.25, 0.3) is 0 Å². The summed E-state index contributed by atoms with van der Waals surface area (Å²) in [5.74, 6) is 1.74. The summed E-state index contributed by atoms with van der Waals surface area (Å²) < 4.78 is 27.7. The first-order chi connectivity index (χ1) is 9.00. The van der Waals surface area contributed by atoms with Crippen LogP contribution in [0.5, 0.6) is 0 Å². The molecule has 106 valence electrons. The second-order valence-electron chi connectivity index (χ2n) is 4.40. The fraction of sp³-hybridized carbons (Fsp3) is 0.500. The average Bonchev–Trinajstić information content (AvgIpc) is 2.42. The Morgan fingerprint density at radius 1 is 1.26 bits per heavy atom. The summed E-state index contributed by atoms with van der Waals surface area (Å²) in [7, 11) is -1.73. The van der Waals surface area contributed by atoms with Gasteiger partial charge in [-0.05, 0) is 17.7 Å². The van der Waals surface area contributed by atoms with E-state index in [1.54, 1.807) is 35.2 Å². The Kier molecular flexibility index (Phi) is 5.14. The lowest BCUT2D eigenvalue weighted by Crippen LogP contribution is -2.45. The van der Waals surface area contributed by atoms with Crippen LogP contribution in [0, 0.1) is 0 Å². The number of nitrogens with zero attached hydrogens (tertiary/aromatic N) is 2. The molecule has 0 N–H and O–H groups in total. The van der Waals surface area contributed by atoms with Gasteiger partial charge in [-0.25, -0.2) is 0 Å². The van der Waals surface area contributed by atoms with Crippen molar-refractivity contribution in [3.8, 4) is 0 Å². The van der Waals surface area contributed by atoms with E-state index >= 15 is 0 Å². The Hall–Kier alpha value is -0.270. The Labute approximate surface area is 123 Å². The average molecular weight is 321 g/mol. The molecule has 2 rings (SSSR count). The third-order valence-electron chi connectivity index (χ3n) is 3.01. The molecule has 1 aromatic rings. The van der Waals surface area contributed by atoms with Crippen LogP contribution in [-0.2, 0) is 16.8 Å². The maximum atomic E-state index is 12.4. The summed E-state index contributed by atoms with van der Waals surface area (Å²) in [6.45, 7) is 1.55. The van der Waals surface area contributed by atoms with Crippen molar-refractivity contribution in [1.82, 2.24) is 8.61 Å². The van der Waals surface area contributed by atoms with E-state index in [1.807, 2.05) is 12.1 Å². The van der Waals surface area contributed by atoms with Gasteiger partial charge in [-0.15, -0.1) is 0 Å². The molecule has 7 heteroatoms. The maximum Gasteiger partial charge on any atom is 0.282 e. The third-order valence-corrected chi connectivity index (χ3v) is 6.14. The summed E-state index contributed by atoms with van der Waals surface area (Å²) in [5.41, 5.74) is 0.932. The van der Waals surface area contributed by atoms with Crippen molar-refractivity contribution >= 4 is 33.6 Å². The largest absolute Gasteiger partial charge is 0.282 e. The van der Waals surface area contributed by atoms with Gasteiger partial charge in [0.1, 0.15) is 0 Å². The van der Waals surface area contributed by atoms with Crippen molar-refractivity contribution in [1.29, 1.82) is 0 Å². The van der Waals surface area contributed by atoms with Gasteiger partial charge in [0.25, 0.3) is 10.2 Å². The summed E-state index contributed by atoms with van der Waals surface area (Å²) in [6.07, 6.45) is 0. The predicted octanol–water partition coefficient (Wildman–Crippen LogP) is 2.07. The highest BCUT2D eigenvalue weighted by atomic mass is 35.5. The lowest BCUT2D eigenvalue weighted by atomic mass is 10.2. The van der Waals surface area contributed by atoms with Gasteiger partial charge in [0, 0.05) is 43.2 Å². The minimum absolute atomic E-state index is 0.364. The topological polar surface area (TPSA) is 40.6 Å². The summed E-state index contributed by atoms with van der Waals surface area (Å²) in [6, 6.07) is 7.24. The van der Waals surface area contributed by atoms with Crippen LogP contribution in [0.15, 0.2) is 24.3 Å². The first-order valence-corrected chi connectivity index (χ1v) is 8.97. The third kappa shape index (κ3) is 3.86. The van der Waals surface area contributed by atoms with E-state index in [9.17, 15) is 8.42 Å². The van der Waals surface area contributed by atoms with E-state index in [1.165, 1.54) is 4.31 Å². The smallest absolute Gasteiger partial charge is 0.195 e. The zero-order chi connectivity index (χ0) is 13.9. The highest BCUT2D eigenvalue weighted by molar-refractivity contribution is 7.99. The first-order valence-electron chi connectivity index (χ1n) is 6.04. The monoisotopic (exact) mass is 320 g/mol. The van der Waals surface area contributed by atoms with Crippen LogP contribution < -0.4 is 0 Å². The zero-order valence-electron chi connectivity index (χ0n) is 10.8. The molecule has 0 unspecified atom stereocenters. The summed E-state index contributed by atoms with van der Waals surface area (Å²) in [4.78, 5) is 0. The van der Waals surface area contributed by atoms with E-state index in [4.69, 9.17) is 11.6 Å². The molecule has 1 aromatic carbocycles. The van der Waals surface area contributed by atoms with Gasteiger partial charge in [-0.2, -0.15) is 28.8 Å². The van der Waals surface area contributed by atoms with E-state index < -0.39 is 10.2 Å². The zero-order valence-corrected chi connectivity index (χ0v) is 13.1. The molecule has 19 heavy (non-hydrogen) atoms. The minimum Gasteiger partial charge on any atom is -0.195 e. The molecule has 1 fully saturated rings. The van der Waals surface area contributed by atoms with Crippen LogP contribution in [0.3, 0.4) is 0 Å². The Morgan fingerprint density at radius 3 is 2.42 bits per heavy atom. The van der Waals surface area contributed by atoms with E-state index in [-0.39, 0.29) is 0 Å². The molecule has 0 amide bonds. The number of benzene rings is 1. The normalized spacial score (nSPS) is 17.8. The second kappa shape index (κ2) is 6.45. The van der Waals surface area contributed by atoms with Crippen molar-refractivity contribution in [3.63, 3.8) is 0 Å². The van der Waals surface area contributed by atoms with Crippen LogP contribution in [0.4, 0.5) is 0 Å². The number of hydrogen-bond donors (Lipinski definition) is 0. The van der Waals surface area contributed by atoms with Gasteiger partial charge in [-0.3, -0.25) is 0 Å². The molecular weight excluding hydrogens is 304 g/mol. The number of hydrogen-bond acceptors (Lipinski definition) is 3. The highest BCUT2D eigenvalue weighted by Crippen LogP contribution is 2.17. The van der Waals surface area contributed by atoms with E-state index in [0.29, 0.717) is 24.7 Å². The van der Waals surface area contributed by atoms with Gasteiger partial charge >= 0.3 is 0 Å². The van der Waals surface area contributed by atoms with Crippen LogP contribution >= 0.6 is 23.4 Å². The molecule has 0 saturated carbocycles. The molecule has 1 heterocycles. The van der Waals surface area contributed by atoms with E-state index in [0.717, 1.165) is 17.1 Å². The molecule has 0 atom stereocenters. The first kappa shape index (κ1) is 15.1. The standard InChI is InChI=1S/C12H17ClN2O2S2/c1-14(10-11-2-4-12(13)5-3-11)19(16,17)15-6-8-18-9-7-15/h2-5H,6-10H2,1H3.